The molecule has 8 nitrogen and oxygen atoms in total. The van der Waals surface area contributed by atoms with E-state index in [0.717, 1.165) is 25.0 Å². The number of benzene rings is 2. The van der Waals surface area contributed by atoms with Crippen molar-refractivity contribution in [2.24, 2.45) is 0 Å². The second kappa shape index (κ2) is 9.49. The van der Waals surface area contributed by atoms with E-state index in [1.807, 2.05) is 6.07 Å². The molecule has 2 aliphatic heterocycles. The van der Waals surface area contributed by atoms with Crippen LogP contribution < -0.4 is 19.5 Å². The lowest BCUT2D eigenvalue weighted by molar-refractivity contribution is -0.124. The number of carbonyl (C=O) groups excluding carboxylic acids is 2. The summed E-state index contributed by atoms with van der Waals surface area (Å²) in [5, 5.41) is 2.71. The monoisotopic (exact) mass is 413 g/mol. The maximum Gasteiger partial charge on any atom is 0.338 e. The van der Waals surface area contributed by atoms with Crippen LogP contribution in [0.4, 0.5) is 0 Å². The number of esters is 1. The van der Waals surface area contributed by atoms with Crippen molar-refractivity contribution in [3.05, 3.63) is 53.6 Å². The van der Waals surface area contributed by atoms with Gasteiger partial charge >= 0.3 is 5.97 Å². The Hall–Kier alpha value is -3.26. The molecule has 2 heterocycles. The summed E-state index contributed by atoms with van der Waals surface area (Å²) >= 11 is 0. The van der Waals surface area contributed by atoms with Crippen molar-refractivity contribution >= 4 is 11.9 Å². The standard InChI is InChI=1S/C22H23NO7/c24-21(23-11-15-3-8-19-20(10-15)30-14-29-19)13-28-22(25)16-4-6-17(7-5-16)27-12-18-2-1-9-26-18/h3-8,10,18H,1-2,9,11-14H2,(H,23,24). The highest BCUT2D eigenvalue weighted by atomic mass is 16.7. The average molecular weight is 413 g/mol. The number of ether oxygens (including phenoxy) is 5. The molecule has 8 heteroatoms. The fraction of sp³-hybridized carbons (Fsp3) is 0.364. The third-order valence-corrected chi connectivity index (χ3v) is 4.81. The fourth-order valence-corrected chi connectivity index (χ4v) is 3.17. The number of hydrogen-bond donors (Lipinski definition) is 1. The van der Waals surface area contributed by atoms with E-state index in [0.29, 0.717) is 36.0 Å². The molecule has 1 N–H and O–H groups in total. The van der Waals surface area contributed by atoms with Crippen LogP contribution in [0, 0.1) is 0 Å². The van der Waals surface area contributed by atoms with Crippen LogP contribution in [-0.4, -0.2) is 44.6 Å². The van der Waals surface area contributed by atoms with E-state index < -0.39 is 11.9 Å². The molecule has 1 atom stereocenters. The minimum absolute atomic E-state index is 0.130. The molecule has 1 saturated heterocycles. The van der Waals surface area contributed by atoms with Crippen LogP contribution in [0.2, 0.25) is 0 Å². The van der Waals surface area contributed by atoms with E-state index >= 15 is 0 Å². The van der Waals surface area contributed by atoms with Crippen molar-refractivity contribution in [2.45, 2.75) is 25.5 Å². The molecule has 4 rings (SSSR count). The van der Waals surface area contributed by atoms with Crippen molar-refractivity contribution in [2.75, 3.05) is 26.6 Å². The number of nitrogens with one attached hydrogen (secondary N) is 1. The van der Waals surface area contributed by atoms with Crippen LogP contribution in [0.1, 0.15) is 28.8 Å². The molecular weight excluding hydrogens is 390 g/mol. The molecule has 2 aromatic rings. The van der Waals surface area contributed by atoms with Crippen LogP contribution in [0.25, 0.3) is 0 Å². The molecule has 0 spiro atoms. The van der Waals surface area contributed by atoms with E-state index in [1.54, 1.807) is 36.4 Å². The molecular formula is C22H23NO7. The smallest absolute Gasteiger partial charge is 0.338 e. The lowest BCUT2D eigenvalue weighted by Crippen LogP contribution is -2.28. The third-order valence-electron chi connectivity index (χ3n) is 4.81. The summed E-state index contributed by atoms with van der Waals surface area (Å²) in [6, 6.07) is 12.0. The van der Waals surface area contributed by atoms with Gasteiger partial charge in [0.25, 0.3) is 5.91 Å². The van der Waals surface area contributed by atoms with Gasteiger partial charge in [-0.1, -0.05) is 6.07 Å². The van der Waals surface area contributed by atoms with Gasteiger partial charge in [0.15, 0.2) is 18.1 Å². The zero-order valence-corrected chi connectivity index (χ0v) is 16.4. The highest BCUT2D eigenvalue weighted by molar-refractivity contribution is 5.91. The Morgan fingerprint density at radius 3 is 2.70 bits per heavy atom. The maximum absolute atomic E-state index is 12.1. The van der Waals surface area contributed by atoms with Gasteiger partial charge in [0, 0.05) is 13.2 Å². The fourth-order valence-electron chi connectivity index (χ4n) is 3.17. The largest absolute Gasteiger partial charge is 0.491 e. The number of hydrogen-bond acceptors (Lipinski definition) is 7. The molecule has 158 valence electrons. The predicted molar refractivity (Wildman–Crippen MR) is 106 cm³/mol. The van der Waals surface area contributed by atoms with Crippen molar-refractivity contribution < 1.29 is 33.3 Å². The molecule has 0 bridgehead atoms. The van der Waals surface area contributed by atoms with Crippen molar-refractivity contribution in [1.29, 1.82) is 0 Å². The maximum atomic E-state index is 12.1. The molecule has 0 aliphatic carbocycles. The lowest BCUT2D eigenvalue weighted by Gasteiger charge is -2.11. The summed E-state index contributed by atoms with van der Waals surface area (Å²) < 4.78 is 26.8. The van der Waals surface area contributed by atoms with Gasteiger partial charge in [0.1, 0.15) is 12.4 Å². The van der Waals surface area contributed by atoms with Gasteiger partial charge in [0.05, 0.1) is 11.7 Å². The highest BCUT2D eigenvalue weighted by Crippen LogP contribution is 2.32. The molecule has 2 aliphatic rings. The summed E-state index contributed by atoms with van der Waals surface area (Å²) in [6.45, 7) is 1.41. The molecule has 1 fully saturated rings. The van der Waals surface area contributed by atoms with Crippen LogP contribution in [-0.2, 0) is 20.8 Å². The minimum atomic E-state index is -0.570. The quantitative estimate of drug-likeness (QED) is 0.665. The Bertz CT molecular complexity index is 891. The van der Waals surface area contributed by atoms with Crippen LogP contribution in [0.5, 0.6) is 17.2 Å². The normalized spacial score (nSPS) is 16.9. The number of rotatable bonds is 8. The van der Waals surface area contributed by atoms with Crippen LogP contribution >= 0.6 is 0 Å². The van der Waals surface area contributed by atoms with Gasteiger partial charge < -0.3 is 29.0 Å². The highest BCUT2D eigenvalue weighted by Gasteiger charge is 2.17. The zero-order chi connectivity index (χ0) is 20.8. The van der Waals surface area contributed by atoms with Gasteiger partial charge in [-0.05, 0) is 54.8 Å². The second-order valence-corrected chi connectivity index (χ2v) is 7.01. The Kier molecular flexibility index (Phi) is 6.34. The van der Waals surface area contributed by atoms with E-state index in [-0.39, 0.29) is 19.5 Å². The molecule has 30 heavy (non-hydrogen) atoms. The van der Waals surface area contributed by atoms with E-state index in [4.69, 9.17) is 23.7 Å². The van der Waals surface area contributed by atoms with E-state index in [2.05, 4.69) is 5.32 Å². The Morgan fingerprint density at radius 2 is 1.90 bits per heavy atom. The van der Waals surface area contributed by atoms with Crippen molar-refractivity contribution in [3.8, 4) is 17.2 Å². The lowest BCUT2D eigenvalue weighted by atomic mass is 10.2. The summed E-state index contributed by atoms with van der Waals surface area (Å²) in [5.41, 5.74) is 1.21. The second-order valence-electron chi connectivity index (χ2n) is 7.01. The molecule has 1 amide bonds. The first kappa shape index (κ1) is 20.0. The number of amides is 1. The number of carbonyl (C=O) groups is 2. The summed E-state index contributed by atoms with van der Waals surface area (Å²) in [6.07, 6.45) is 2.19. The molecule has 0 saturated carbocycles. The Balaban J connectivity index is 1.18. The topological polar surface area (TPSA) is 92.3 Å². The van der Waals surface area contributed by atoms with Crippen molar-refractivity contribution in [1.82, 2.24) is 5.32 Å². The van der Waals surface area contributed by atoms with Gasteiger partial charge in [-0.2, -0.15) is 0 Å². The van der Waals surface area contributed by atoms with E-state index in [1.165, 1.54) is 0 Å². The predicted octanol–water partition coefficient (Wildman–Crippen LogP) is 2.45. The SMILES string of the molecule is O=C(COC(=O)c1ccc(OCC2CCCO2)cc1)NCc1ccc2c(c1)OCO2. The first-order chi connectivity index (χ1) is 14.7. The van der Waals surface area contributed by atoms with Gasteiger partial charge in [-0.15, -0.1) is 0 Å². The van der Waals surface area contributed by atoms with Crippen molar-refractivity contribution in [3.63, 3.8) is 0 Å². The third kappa shape index (κ3) is 5.21. The first-order valence-corrected chi connectivity index (χ1v) is 9.84. The molecule has 2 aromatic carbocycles. The molecule has 0 aromatic heterocycles. The van der Waals surface area contributed by atoms with Gasteiger partial charge in [0.2, 0.25) is 6.79 Å². The summed E-state index contributed by atoms with van der Waals surface area (Å²) in [4.78, 5) is 24.1. The first-order valence-electron chi connectivity index (χ1n) is 9.84. The Labute approximate surface area is 174 Å². The minimum Gasteiger partial charge on any atom is -0.491 e. The Morgan fingerprint density at radius 1 is 1.07 bits per heavy atom. The van der Waals surface area contributed by atoms with Crippen LogP contribution in [0.3, 0.4) is 0 Å². The van der Waals surface area contributed by atoms with Gasteiger partial charge in [-0.25, -0.2) is 4.79 Å². The summed E-state index contributed by atoms with van der Waals surface area (Å²) in [5.74, 6) is 1.03. The van der Waals surface area contributed by atoms with E-state index in [9.17, 15) is 9.59 Å². The zero-order valence-electron chi connectivity index (χ0n) is 16.4. The average Bonchev–Trinajstić information content (AvgIpc) is 3.46. The van der Waals surface area contributed by atoms with Gasteiger partial charge in [-0.3, -0.25) is 4.79 Å². The number of fused-ring (bicyclic) bond motifs is 1. The summed E-state index contributed by atoms with van der Waals surface area (Å²) in [7, 11) is 0. The van der Waals surface area contributed by atoms with Crippen LogP contribution in [0.15, 0.2) is 42.5 Å². The molecule has 1 unspecified atom stereocenters. The molecule has 0 radical (unpaired) electrons.